The molecule has 0 radical (unpaired) electrons. The smallest absolute Gasteiger partial charge is 0.410 e. The Balaban J connectivity index is 0. The summed E-state index contributed by atoms with van der Waals surface area (Å²) in [6, 6.07) is 0.0941. The molecule has 0 aromatic heterocycles. The van der Waals surface area contributed by atoms with Crippen LogP contribution in [0, 0.1) is 0 Å². The molecule has 0 spiro atoms. The zero-order chi connectivity index (χ0) is 16.5. The van der Waals surface area contributed by atoms with Crippen molar-refractivity contribution < 1.29 is 9.53 Å². The molecule has 0 fully saturated rings. The van der Waals surface area contributed by atoms with Crippen molar-refractivity contribution in [1.82, 2.24) is 15.5 Å². The van der Waals surface area contributed by atoms with E-state index in [0.717, 1.165) is 31.9 Å². The Bertz CT molecular complexity index is 343. The van der Waals surface area contributed by atoms with Gasteiger partial charge in [-0.15, -0.1) is 24.0 Å². The minimum absolute atomic E-state index is 0. The SMILES string of the molecule is CCCNC(=NC)NCCC(C)N(C)C(=O)OC(C)(C)C.I. The van der Waals surface area contributed by atoms with Crippen LogP contribution in [0.3, 0.4) is 0 Å². The lowest BCUT2D eigenvalue weighted by atomic mass is 10.2. The van der Waals surface area contributed by atoms with Gasteiger partial charge in [0, 0.05) is 33.2 Å². The number of nitrogens with zero attached hydrogens (tertiary/aromatic N) is 2. The van der Waals surface area contributed by atoms with Crippen LogP contribution < -0.4 is 10.6 Å². The van der Waals surface area contributed by atoms with Crippen LogP contribution in [0.4, 0.5) is 4.79 Å². The second-order valence-electron chi connectivity index (χ2n) is 6.15. The van der Waals surface area contributed by atoms with E-state index in [4.69, 9.17) is 4.74 Å². The molecule has 0 aliphatic heterocycles. The summed E-state index contributed by atoms with van der Waals surface area (Å²) in [6.07, 6.45) is 1.59. The largest absolute Gasteiger partial charge is 0.444 e. The van der Waals surface area contributed by atoms with Gasteiger partial charge in [-0.3, -0.25) is 4.99 Å². The maximum Gasteiger partial charge on any atom is 0.410 e. The predicted molar refractivity (Wildman–Crippen MR) is 103 cm³/mol. The van der Waals surface area contributed by atoms with E-state index < -0.39 is 5.60 Å². The average molecular weight is 428 g/mol. The van der Waals surface area contributed by atoms with E-state index >= 15 is 0 Å². The molecule has 1 atom stereocenters. The number of ether oxygens (including phenoxy) is 1. The highest BCUT2D eigenvalue weighted by atomic mass is 127. The number of guanidine groups is 1. The van der Waals surface area contributed by atoms with Crippen molar-refractivity contribution in [2.24, 2.45) is 4.99 Å². The molecule has 0 aliphatic rings. The van der Waals surface area contributed by atoms with Crippen molar-refractivity contribution in [3.8, 4) is 0 Å². The Hall–Kier alpha value is -0.730. The van der Waals surface area contributed by atoms with E-state index in [9.17, 15) is 4.79 Å². The highest BCUT2D eigenvalue weighted by Crippen LogP contribution is 2.11. The quantitative estimate of drug-likeness (QED) is 0.388. The normalized spacial score (nSPS) is 13.0. The van der Waals surface area contributed by atoms with Crippen LogP contribution in [0.5, 0.6) is 0 Å². The zero-order valence-electron chi connectivity index (χ0n) is 15.0. The Morgan fingerprint density at radius 2 is 1.82 bits per heavy atom. The molecule has 0 saturated heterocycles. The van der Waals surface area contributed by atoms with Gasteiger partial charge in [0.1, 0.15) is 5.60 Å². The predicted octanol–water partition coefficient (Wildman–Crippen LogP) is 2.82. The first kappa shape index (κ1) is 23.5. The van der Waals surface area contributed by atoms with E-state index in [-0.39, 0.29) is 36.1 Å². The lowest BCUT2D eigenvalue weighted by molar-refractivity contribution is 0.0230. The van der Waals surface area contributed by atoms with Gasteiger partial charge in [-0.25, -0.2) is 4.79 Å². The molecule has 0 bridgehead atoms. The number of hydrogen-bond acceptors (Lipinski definition) is 3. The van der Waals surface area contributed by atoms with E-state index in [2.05, 4.69) is 22.5 Å². The van der Waals surface area contributed by atoms with Crippen molar-refractivity contribution in [2.75, 3.05) is 27.2 Å². The van der Waals surface area contributed by atoms with Crippen LogP contribution in [0.25, 0.3) is 0 Å². The van der Waals surface area contributed by atoms with Crippen molar-refractivity contribution in [3.05, 3.63) is 0 Å². The summed E-state index contributed by atoms with van der Waals surface area (Å²) in [5, 5.41) is 6.45. The molecule has 0 heterocycles. The first-order valence-electron chi connectivity index (χ1n) is 7.61. The summed E-state index contributed by atoms with van der Waals surface area (Å²) < 4.78 is 5.35. The van der Waals surface area contributed by atoms with Gasteiger partial charge in [0.05, 0.1) is 0 Å². The Kier molecular flexibility index (Phi) is 12.6. The Morgan fingerprint density at radius 3 is 2.27 bits per heavy atom. The van der Waals surface area contributed by atoms with Gasteiger partial charge in [0.25, 0.3) is 0 Å². The zero-order valence-corrected chi connectivity index (χ0v) is 17.4. The molecule has 1 unspecified atom stereocenters. The number of halogens is 1. The van der Waals surface area contributed by atoms with E-state index in [1.165, 1.54) is 0 Å². The monoisotopic (exact) mass is 428 g/mol. The highest BCUT2D eigenvalue weighted by Gasteiger charge is 2.22. The maximum atomic E-state index is 11.9. The number of amides is 1. The number of aliphatic imine (C=N–C) groups is 1. The minimum Gasteiger partial charge on any atom is -0.444 e. The maximum absolute atomic E-state index is 11.9. The van der Waals surface area contributed by atoms with Gasteiger partial charge in [-0.2, -0.15) is 0 Å². The molecule has 0 saturated carbocycles. The fourth-order valence-electron chi connectivity index (χ4n) is 1.57. The lowest BCUT2D eigenvalue weighted by Gasteiger charge is -2.28. The topological polar surface area (TPSA) is 66.0 Å². The molecular weight excluding hydrogens is 395 g/mol. The second-order valence-corrected chi connectivity index (χ2v) is 6.15. The molecule has 2 N–H and O–H groups in total. The van der Waals surface area contributed by atoms with Crippen LogP contribution in [0.2, 0.25) is 0 Å². The van der Waals surface area contributed by atoms with Gasteiger partial charge in [0.15, 0.2) is 5.96 Å². The fraction of sp³-hybridized carbons (Fsp3) is 0.867. The van der Waals surface area contributed by atoms with Crippen LogP contribution in [-0.4, -0.2) is 55.8 Å². The van der Waals surface area contributed by atoms with Gasteiger partial charge in [-0.1, -0.05) is 6.92 Å². The summed E-state index contributed by atoms with van der Waals surface area (Å²) in [6.45, 7) is 11.4. The van der Waals surface area contributed by atoms with Crippen molar-refractivity contribution in [3.63, 3.8) is 0 Å². The highest BCUT2D eigenvalue weighted by molar-refractivity contribution is 14.0. The van der Waals surface area contributed by atoms with Crippen LogP contribution in [-0.2, 0) is 4.74 Å². The third-order valence-corrected chi connectivity index (χ3v) is 2.96. The van der Waals surface area contributed by atoms with Crippen molar-refractivity contribution in [2.45, 2.75) is 59.1 Å². The summed E-state index contributed by atoms with van der Waals surface area (Å²) in [5.41, 5.74) is -0.463. The number of nitrogens with one attached hydrogen (secondary N) is 2. The van der Waals surface area contributed by atoms with Gasteiger partial charge < -0.3 is 20.3 Å². The van der Waals surface area contributed by atoms with Crippen molar-refractivity contribution >= 4 is 36.0 Å². The first-order chi connectivity index (χ1) is 9.71. The minimum atomic E-state index is -0.463. The molecule has 0 rings (SSSR count). The van der Waals surface area contributed by atoms with E-state index in [1.807, 2.05) is 27.7 Å². The average Bonchev–Trinajstić information content (AvgIpc) is 2.39. The Morgan fingerprint density at radius 1 is 1.27 bits per heavy atom. The summed E-state index contributed by atoms with van der Waals surface area (Å²) in [4.78, 5) is 17.7. The van der Waals surface area contributed by atoms with Crippen LogP contribution in [0.1, 0.15) is 47.5 Å². The number of hydrogen-bond donors (Lipinski definition) is 2. The van der Waals surface area contributed by atoms with Crippen LogP contribution >= 0.6 is 24.0 Å². The van der Waals surface area contributed by atoms with Gasteiger partial charge in [0.2, 0.25) is 0 Å². The lowest BCUT2D eigenvalue weighted by Crippen LogP contribution is -2.43. The molecule has 132 valence electrons. The number of carbonyl (C=O) groups excluding carboxylic acids is 1. The van der Waals surface area contributed by atoms with E-state index in [0.29, 0.717) is 0 Å². The summed E-state index contributed by atoms with van der Waals surface area (Å²) in [5.74, 6) is 0.795. The first-order valence-corrected chi connectivity index (χ1v) is 7.61. The van der Waals surface area contributed by atoms with Gasteiger partial charge >= 0.3 is 6.09 Å². The third-order valence-electron chi connectivity index (χ3n) is 2.96. The van der Waals surface area contributed by atoms with E-state index in [1.54, 1.807) is 19.0 Å². The molecule has 0 aliphatic carbocycles. The summed E-state index contributed by atoms with van der Waals surface area (Å²) in [7, 11) is 3.52. The molecule has 1 amide bonds. The second kappa shape index (κ2) is 11.8. The molecule has 0 aromatic rings. The standard InChI is InChI=1S/C15H32N4O2.HI/c1-8-10-17-13(16-6)18-11-9-12(2)19(7)14(20)21-15(3,4)5;/h12H,8-11H2,1-7H3,(H2,16,17,18);1H. The molecule has 22 heavy (non-hydrogen) atoms. The molecule has 6 nitrogen and oxygen atoms in total. The van der Waals surface area contributed by atoms with Crippen LogP contribution in [0.15, 0.2) is 4.99 Å². The number of rotatable bonds is 6. The summed E-state index contributed by atoms with van der Waals surface area (Å²) >= 11 is 0. The molecule has 0 aromatic carbocycles. The van der Waals surface area contributed by atoms with Gasteiger partial charge in [-0.05, 0) is 40.5 Å². The van der Waals surface area contributed by atoms with Crippen molar-refractivity contribution in [1.29, 1.82) is 0 Å². The number of carbonyl (C=O) groups is 1. The molecule has 7 heteroatoms. The fourth-order valence-corrected chi connectivity index (χ4v) is 1.57. The third kappa shape index (κ3) is 10.9. The Labute approximate surface area is 152 Å². The molecular formula is C15H33IN4O2.